The second-order valence-corrected chi connectivity index (χ2v) is 9.40. The molecule has 2 aromatic rings. The van der Waals surface area contributed by atoms with E-state index in [1.165, 1.54) is 19.2 Å². The standard InChI is InChI=1S/C23H29N3O5S/c1-3-14-24-22(27)17-12-15-26(16-13-17)23(28)18-4-6-19(7-5-18)25-32(29,30)21-10-8-20(31-2)9-11-21/h4-11,17,25H,3,12-16H2,1-2H3,(H,24,27). The minimum absolute atomic E-state index is 0.0552. The van der Waals surface area contributed by atoms with Crippen LogP contribution < -0.4 is 14.8 Å². The third-order valence-corrected chi connectivity index (χ3v) is 6.85. The number of sulfonamides is 1. The molecule has 1 aliphatic rings. The van der Waals surface area contributed by atoms with Crippen LogP contribution >= 0.6 is 0 Å². The van der Waals surface area contributed by atoms with Crippen molar-refractivity contribution in [2.75, 3.05) is 31.5 Å². The molecule has 0 spiro atoms. The number of carbonyl (C=O) groups excluding carboxylic acids is 2. The zero-order valence-electron chi connectivity index (χ0n) is 18.3. The zero-order chi connectivity index (χ0) is 23.1. The molecule has 2 aromatic carbocycles. The number of nitrogens with zero attached hydrogens (tertiary/aromatic N) is 1. The summed E-state index contributed by atoms with van der Waals surface area (Å²) in [6, 6.07) is 12.4. The number of likely N-dealkylation sites (tertiary alicyclic amines) is 1. The molecule has 0 bridgehead atoms. The lowest BCUT2D eigenvalue weighted by molar-refractivity contribution is -0.126. The molecule has 2 N–H and O–H groups in total. The Kier molecular flexibility index (Phi) is 7.74. The maximum Gasteiger partial charge on any atom is 0.261 e. The van der Waals surface area contributed by atoms with Crippen molar-refractivity contribution in [1.29, 1.82) is 0 Å². The molecule has 3 rings (SSSR count). The van der Waals surface area contributed by atoms with E-state index < -0.39 is 10.0 Å². The summed E-state index contributed by atoms with van der Waals surface area (Å²) in [4.78, 5) is 26.8. The first-order valence-electron chi connectivity index (χ1n) is 10.7. The van der Waals surface area contributed by atoms with Gasteiger partial charge in [0.2, 0.25) is 5.91 Å². The van der Waals surface area contributed by atoms with E-state index in [9.17, 15) is 18.0 Å². The number of carbonyl (C=O) groups is 2. The van der Waals surface area contributed by atoms with Crippen LogP contribution in [-0.2, 0) is 14.8 Å². The van der Waals surface area contributed by atoms with Gasteiger partial charge in [-0.1, -0.05) is 6.92 Å². The van der Waals surface area contributed by atoms with Gasteiger partial charge in [-0.25, -0.2) is 8.42 Å². The van der Waals surface area contributed by atoms with Crippen molar-refractivity contribution in [3.8, 4) is 5.75 Å². The number of hydrogen-bond acceptors (Lipinski definition) is 5. The van der Waals surface area contributed by atoms with Crippen LogP contribution in [0.1, 0.15) is 36.5 Å². The molecule has 32 heavy (non-hydrogen) atoms. The molecule has 0 radical (unpaired) electrons. The van der Waals surface area contributed by atoms with Gasteiger partial charge >= 0.3 is 0 Å². The molecule has 8 nitrogen and oxygen atoms in total. The molecule has 1 saturated heterocycles. The van der Waals surface area contributed by atoms with Crippen LogP contribution in [0.2, 0.25) is 0 Å². The lowest BCUT2D eigenvalue weighted by Crippen LogP contribution is -2.43. The van der Waals surface area contributed by atoms with Gasteiger partial charge in [0.1, 0.15) is 5.75 Å². The molecule has 0 atom stereocenters. The van der Waals surface area contributed by atoms with E-state index in [1.54, 1.807) is 41.3 Å². The van der Waals surface area contributed by atoms with Crippen molar-refractivity contribution >= 4 is 27.5 Å². The van der Waals surface area contributed by atoms with Crippen molar-refractivity contribution in [2.45, 2.75) is 31.1 Å². The summed E-state index contributed by atoms with van der Waals surface area (Å²) in [5.41, 5.74) is 0.843. The molecule has 2 amide bonds. The summed E-state index contributed by atoms with van der Waals surface area (Å²) in [6.07, 6.45) is 2.18. The van der Waals surface area contributed by atoms with E-state index in [1.807, 2.05) is 6.92 Å². The molecular weight excluding hydrogens is 430 g/mol. The van der Waals surface area contributed by atoms with Gasteiger partial charge in [-0.05, 0) is 67.8 Å². The van der Waals surface area contributed by atoms with Crippen LogP contribution in [0.5, 0.6) is 5.75 Å². The van der Waals surface area contributed by atoms with E-state index in [2.05, 4.69) is 10.0 Å². The number of benzene rings is 2. The van der Waals surface area contributed by atoms with Crippen molar-refractivity contribution in [3.63, 3.8) is 0 Å². The van der Waals surface area contributed by atoms with E-state index >= 15 is 0 Å². The van der Waals surface area contributed by atoms with Gasteiger partial charge in [0.25, 0.3) is 15.9 Å². The first kappa shape index (κ1) is 23.6. The average molecular weight is 460 g/mol. The Morgan fingerprint density at radius 2 is 1.66 bits per heavy atom. The minimum Gasteiger partial charge on any atom is -0.497 e. The number of piperidine rings is 1. The molecule has 1 fully saturated rings. The predicted molar refractivity (Wildman–Crippen MR) is 122 cm³/mol. The lowest BCUT2D eigenvalue weighted by Gasteiger charge is -2.31. The third kappa shape index (κ3) is 5.79. The van der Waals surface area contributed by atoms with E-state index in [0.717, 1.165) is 6.42 Å². The molecular formula is C23H29N3O5S. The molecule has 0 saturated carbocycles. The Hall–Kier alpha value is -3.07. The van der Waals surface area contributed by atoms with Gasteiger partial charge in [-0.15, -0.1) is 0 Å². The van der Waals surface area contributed by atoms with E-state index in [4.69, 9.17) is 4.74 Å². The fraction of sp³-hybridized carbons (Fsp3) is 0.391. The van der Waals surface area contributed by atoms with Crippen LogP contribution in [0.4, 0.5) is 5.69 Å². The van der Waals surface area contributed by atoms with Crippen LogP contribution in [0, 0.1) is 5.92 Å². The van der Waals surface area contributed by atoms with Gasteiger partial charge in [0.15, 0.2) is 0 Å². The van der Waals surface area contributed by atoms with Crippen LogP contribution in [-0.4, -0.2) is 51.9 Å². The van der Waals surface area contributed by atoms with Crippen LogP contribution in [0.3, 0.4) is 0 Å². The summed E-state index contributed by atoms with van der Waals surface area (Å²) in [5, 5.41) is 2.92. The highest BCUT2D eigenvalue weighted by Crippen LogP contribution is 2.22. The smallest absolute Gasteiger partial charge is 0.261 e. The number of ether oxygens (including phenoxy) is 1. The van der Waals surface area contributed by atoms with Crippen LogP contribution in [0.25, 0.3) is 0 Å². The Morgan fingerprint density at radius 1 is 1.03 bits per heavy atom. The lowest BCUT2D eigenvalue weighted by atomic mass is 9.95. The number of nitrogens with one attached hydrogen (secondary N) is 2. The predicted octanol–water partition coefficient (Wildman–Crippen LogP) is 2.87. The largest absolute Gasteiger partial charge is 0.497 e. The van der Waals surface area contributed by atoms with Crippen LogP contribution in [0.15, 0.2) is 53.4 Å². The second-order valence-electron chi connectivity index (χ2n) is 7.72. The highest BCUT2D eigenvalue weighted by Gasteiger charge is 2.27. The molecule has 1 heterocycles. The normalized spacial score (nSPS) is 14.6. The molecule has 9 heteroatoms. The number of methoxy groups -OCH3 is 1. The van der Waals surface area contributed by atoms with E-state index in [0.29, 0.717) is 49.5 Å². The number of hydrogen-bond donors (Lipinski definition) is 2. The summed E-state index contributed by atoms with van der Waals surface area (Å²) < 4.78 is 32.7. The average Bonchev–Trinajstić information content (AvgIpc) is 2.82. The Bertz CT molecular complexity index is 1030. The number of rotatable bonds is 8. The number of anilines is 1. The maximum absolute atomic E-state index is 12.8. The molecule has 1 aliphatic heterocycles. The second kappa shape index (κ2) is 10.5. The molecule has 0 aliphatic carbocycles. The zero-order valence-corrected chi connectivity index (χ0v) is 19.2. The van der Waals surface area contributed by atoms with Crippen molar-refractivity contribution in [2.24, 2.45) is 5.92 Å². The maximum atomic E-state index is 12.8. The van der Waals surface area contributed by atoms with Gasteiger partial charge in [0, 0.05) is 36.8 Å². The number of amides is 2. The first-order chi connectivity index (χ1) is 15.3. The van der Waals surface area contributed by atoms with E-state index in [-0.39, 0.29) is 22.6 Å². The third-order valence-electron chi connectivity index (χ3n) is 5.46. The molecule has 0 aromatic heterocycles. The topological polar surface area (TPSA) is 105 Å². The fourth-order valence-corrected chi connectivity index (χ4v) is 4.63. The minimum atomic E-state index is -3.75. The summed E-state index contributed by atoms with van der Waals surface area (Å²) in [6.45, 7) is 3.73. The quantitative estimate of drug-likeness (QED) is 0.632. The first-order valence-corrected chi connectivity index (χ1v) is 12.2. The summed E-state index contributed by atoms with van der Waals surface area (Å²) in [5.74, 6) is 0.451. The highest BCUT2D eigenvalue weighted by atomic mass is 32.2. The fourth-order valence-electron chi connectivity index (χ4n) is 3.57. The highest BCUT2D eigenvalue weighted by molar-refractivity contribution is 7.92. The summed E-state index contributed by atoms with van der Waals surface area (Å²) >= 11 is 0. The van der Waals surface area contributed by atoms with Crippen molar-refractivity contribution < 1.29 is 22.7 Å². The molecule has 0 unspecified atom stereocenters. The Labute approximate surface area is 189 Å². The van der Waals surface area contributed by atoms with Crippen molar-refractivity contribution in [1.82, 2.24) is 10.2 Å². The summed E-state index contributed by atoms with van der Waals surface area (Å²) in [7, 11) is -2.24. The monoisotopic (exact) mass is 459 g/mol. The van der Waals surface area contributed by atoms with Gasteiger partial charge in [-0.3, -0.25) is 14.3 Å². The Morgan fingerprint density at radius 3 is 2.22 bits per heavy atom. The SMILES string of the molecule is CCCNC(=O)C1CCN(C(=O)c2ccc(NS(=O)(=O)c3ccc(OC)cc3)cc2)CC1. The van der Waals surface area contributed by atoms with Crippen molar-refractivity contribution in [3.05, 3.63) is 54.1 Å². The van der Waals surface area contributed by atoms with Gasteiger partial charge < -0.3 is 15.0 Å². The molecule has 172 valence electrons. The van der Waals surface area contributed by atoms with Gasteiger partial charge in [0.05, 0.1) is 12.0 Å². The Balaban J connectivity index is 1.58. The van der Waals surface area contributed by atoms with Gasteiger partial charge in [-0.2, -0.15) is 0 Å².